The number of methoxy groups -OCH3 is 1. The highest BCUT2D eigenvalue weighted by Crippen LogP contribution is 2.42. The molecule has 2 bridgehead atoms. The molecular weight excluding hydrogens is 442 g/mol. The lowest BCUT2D eigenvalue weighted by Crippen LogP contribution is -2.59. The molecule has 2 aromatic rings. The van der Waals surface area contributed by atoms with E-state index in [-0.39, 0.29) is 18.1 Å². The second kappa shape index (κ2) is 10.2. The number of hydrogen-bond acceptors (Lipinski definition) is 5. The number of thiocarbonyl (C=S) groups is 1. The quantitative estimate of drug-likeness (QED) is 0.428. The van der Waals surface area contributed by atoms with Gasteiger partial charge < -0.3 is 21.1 Å². The van der Waals surface area contributed by atoms with Gasteiger partial charge in [-0.2, -0.15) is 0 Å². The molecule has 1 aromatic carbocycles. The molecule has 7 heteroatoms. The SMILES string of the molecule is C=CC1CN2CC[C@H]1C[C@H]2[C@@H](NC(=S)N[C@@H]1CCCC[C@H]1N)c1ccnc2ccc(OC)cc12. The number of nitrogens with one attached hydrogen (secondary N) is 2. The van der Waals surface area contributed by atoms with Gasteiger partial charge in [0.05, 0.1) is 18.7 Å². The number of aromatic nitrogens is 1. The number of fused-ring (bicyclic) bond motifs is 4. The van der Waals surface area contributed by atoms with Crippen molar-refractivity contribution in [3.63, 3.8) is 0 Å². The van der Waals surface area contributed by atoms with Gasteiger partial charge in [-0.1, -0.05) is 18.9 Å². The highest BCUT2D eigenvalue weighted by molar-refractivity contribution is 7.80. The minimum atomic E-state index is 0.0472. The molecule has 3 saturated heterocycles. The van der Waals surface area contributed by atoms with E-state index in [1.54, 1.807) is 7.11 Å². The summed E-state index contributed by atoms with van der Waals surface area (Å²) in [6, 6.07) is 9.04. The van der Waals surface area contributed by atoms with Crippen LogP contribution in [0.2, 0.25) is 0 Å². The molecule has 4 N–H and O–H groups in total. The second-order valence-corrected chi connectivity index (χ2v) is 10.6. The topological polar surface area (TPSA) is 75.4 Å². The van der Waals surface area contributed by atoms with Crippen molar-refractivity contribution in [3.05, 3.63) is 48.7 Å². The highest BCUT2D eigenvalue weighted by Gasteiger charge is 2.43. The summed E-state index contributed by atoms with van der Waals surface area (Å²) < 4.78 is 5.55. The zero-order chi connectivity index (χ0) is 23.7. The molecule has 0 amide bonds. The standard InChI is InChI=1S/C27H37N5OS/c1-3-17-16-32-13-11-18(17)14-25(32)26(31-27(34)30-24-7-5-4-6-22(24)28)20-10-12-29-23-9-8-19(33-2)15-21(20)23/h3,8-10,12,15,17-18,22,24-26H,1,4-7,11,13-14,16,28H2,2H3,(H2,30,31,34)/t17?,18-,22+,24+,25-,26-/m0/s1. The zero-order valence-corrected chi connectivity index (χ0v) is 20.9. The normalized spacial score (nSPS) is 31.6. The van der Waals surface area contributed by atoms with Crippen molar-refractivity contribution in [1.29, 1.82) is 0 Å². The highest BCUT2D eigenvalue weighted by atomic mass is 32.1. The first-order valence-corrected chi connectivity index (χ1v) is 13.1. The van der Waals surface area contributed by atoms with Gasteiger partial charge in [-0.25, -0.2) is 0 Å². The summed E-state index contributed by atoms with van der Waals surface area (Å²) in [6.45, 7) is 6.29. The first-order chi connectivity index (χ1) is 16.6. The Kier molecular flexibility index (Phi) is 7.04. The van der Waals surface area contributed by atoms with Crippen LogP contribution in [0.25, 0.3) is 10.9 Å². The van der Waals surface area contributed by atoms with Gasteiger partial charge >= 0.3 is 0 Å². The van der Waals surface area contributed by atoms with Crippen molar-refractivity contribution in [2.24, 2.45) is 17.6 Å². The Morgan fingerprint density at radius 1 is 1.29 bits per heavy atom. The molecule has 0 spiro atoms. The van der Waals surface area contributed by atoms with Gasteiger partial charge in [-0.15, -0.1) is 6.58 Å². The van der Waals surface area contributed by atoms with Gasteiger partial charge in [0.1, 0.15) is 5.75 Å². The van der Waals surface area contributed by atoms with Gasteiger partial charge in [0.2, 0.25) is 0 Å². The van der Waals surface area contributed by atoms with E-state index in [0.717, 1.165) is 49.0 Å². The minimum absolute atomic E-state index is 0.0472. The lowest BCUT2D eigenvalue weighted by Gasteiger charge is -2.52. The average molecular weight is 480 g/mol. The van der Waals surface area contributed by atoms with Gasteiger partial charge in [0.15, 0.2) is 5.11 Å². The molecule has 6 rings (SSSR count). The van der Waals surface area contributed by atoms with Crippen LogP contribution >= 0.6 is 12.2 Å². The maximum Gasteiger partial charge on any atom is 0.167 e. The number of nitrogens with two attached hydrogens (primary N) is 1. The van der Waals surface area contributed by atoms with E-state index in [0.29, 0.717) is 23.0 Å². The van der Waals surface area contributed by atoms with Crippen molar-refractivity contribution < 1.29 is 4.74 Å². The molecule has 1 aliphatic carbocycles. The Morgan fingerprint density at radius 2 is 2.15 bits per heavy atom. The number of benzene rings is 1. The van der Waals surface area contributed by atoms with Crippen molar-refractivity contribution in [2.75, 3.05) is 20.2 Å². The molecule has 3 aliphatic heterocycles. The summed E-state index contributed by atoms with van der Waals surface area (Å²) in [7, 11) is 1.71. The van der Waals surface area contributed by atoms with Gasteiger partial charge in [0.25, 0.3) is 0 Å². The fraction of sp³-hybridized carbons (Fsp3) is 0.556. The Labute approximate surface area is 208 Å². The van der Waals surface area contributed by atoms with Gasteiger partial charge in [0, 0.05) is 36.3 Å². The van der Waals surface area contributed by atoms with Crippen LogP contribution in [-0.2, 0) is 0 Å². The van der Waals surface area contributed by atoms with E-state index in [4.69, 9.17) is 22.7 Å². The summed E-state index contributed by atoms with van der Waals surface area (Å²) in [5.74, 6) is 2.09. The van der Waals surface area contributed by atoms with Crippen LogP contribution in [0.3, 0.4) is 0 Å². The summed E-state index contributed by atoms with van der Waals surface area (Å²) >= 11 is 5.88. The molecule has 6 nitrogen and oxygen atoms in total. The van der Waals surface area contributed by atoms with Crippen molar-refractivity contribution >= 4 is 28.2 Å². The van der Waals surface area contributed by atoms with E-state index in [9.17, 15) is 0 Å². The first kappa shape index (κ1) is 23.5. The van der Waals surface area contributed by atoms with Crippen LogP contribution in [-0.4, -0.2) is 53.3 Å². The van der Waals surface area contributed by atoms with Crippen LogP contribution in [0.1, 0.15) is 50.1 Å². The third kappa shape index (κ3) is 4.66. The maximum absolute atomic E-state index is 6.41. The molecule has 7 atom stereocenters. The second-order valence-electron chi connectivity index (χ2n) is 10.2. The third-order valence-electron chi connectivity index (χ3n) is 8.28. The first-order valence-electron chi connectivity index (χ1n) is 12.7. The molecule has 1 aromatic heterocycles. The van der Waals surface area contributed by atoms with Gasteiger partial charge in [-0.05, 0) is 86.1 Å². The number of nitrogens with zero attached hydrogens (tertiary/aromatic N) is 2. The fourth-order valence-corrected chi connectivity index (χ4v) is 6.62. The summed E-state index contributed by atoms with van der Waals surface area (Å²) in [5.41, 5.74) is 8.60. The van der Waals surface area contributed by atoms with Crippen LogP contribution in [0.5, 0.6) is 5.75 Å². The predicted molar refractivity (Wildman–Crippen MR) is 142 cm³/mol. The number of pyridine rings is 1. The van der Waals surface area contributed by atoms with Crippen LogP contribution < -0.4 is 21.1 Å². The largest absolute Gasteiger partial charge is 0.497 e. The smallest absolute Gasteiger partial charge is 0.167 e. The lowest BCUT2D eigenvalue weighted by molar-refractivity contribution is 0.00425. The lowest BCUT2D eigenvalue weighted by atomic mass is 9.73. The summed E-state index contributed by atoms with van der Waals surface area (Å²) in [5, 5.41) is 9.12. The predicted octanol–water partition coefficient (Wildman–Crippen LogP) is 3.91. The van der Waals surface area contributed by atoms with Crippen molar-refractivity contribution in [3.8, 4) is 5.75 Å². The number of hydrogen-bond donors (Lipinski definition) is 3. The van der Waals surface area contributed by atoms with E-state index in [1.165, 1.54) is 24.8 Å². The van der Waals surface area contributed by atoms with E-state index >= 15 is 0 Å². The minimum Gasteiger partial charge on any atom is -0.497 e. The zero-order valence-electron chi connectivity index (χ0n) is 20.1. The molecule has 4 heterocycles. The monoisotopic (exact) mass is 479 g/mol. The molecule has 2 unspecified atom stereocenters. The maximum atomic E-state index is 6.41. The third-order valence-corrected chi connectivity index (χ3v) is 8.51. The Hall–Kier alpha value is -2.22. The average Bonchev–Trinajstić information content (AvgIpc) is 2.88. The van der Waals surface area contributed by atoms with Gasteiger partial charge in [-0.3, -0.25) is 9.88 Å². The Bertz CT molecular complexity index is 1040. The fourth-order valence-electron chi connectivity index (χ4n) is 6.34. The summed E-state index contributed by atoms with van der Waals surface area (Å²) in [4.78, 5) is 7.26. The molecule has 34 heavy (non-hydrogen) atoms. The molecule has 182 valence electrons. The van der Waals surface area contributed by atoms with Crippen LogP contribution in [0.4, 0.5) is 0 Å². The molecule has 1 saturated carbocycles. The molecular formula is C27H37N5OS. The van der Waals surface area contributed by atoms with Crippen LogP contribution in [0.15, 0.2) is 43.1 Å². The number of piperidine rings is 3. The van der Waals surface area contributed by atoms with E-state index < -0.39 is 0 Å². The van der Waals surface area contributed by atoms with Crippen molar-refractivity contribution in [1.82, 2.24) is 20.5 Å². The van der Waals surface area contributed by atoms with E-state index in [2.05, 4.69) is 45.3 Å². The van der Waals surface area contributed by atoms with E-state index in [1.807, 2.05) is 18.3 Å². The molecule has 4 aliphatic rings. The van der Waals surface area contributed by atoms with Crippen LogP contribution in [0, 0.1) is 11.8 Å². The van der Waals surface area contributed by atoms with Crippen molar-refractivity contribution in [2.45, 2.75) is 62.7 Å². The number of ether oxygens (including phenoxy) is 1. The molecule has 0 radical (unpaired) electrons. The Morgan fingerprint density at radius 3 is 2.88 bits per heavy atom. The number of rotatable bonds is 6. The Balaban J connectivity index is 1.47. The summed E-state index contributed by atoms with van der Waals surface area (Å²) in [6.07, 6.45) is 11.0. The molecule has 4 fully saturated rings.